The summed E-state index contributed by atoms with van der Waals surface area (Å²) in [5, 5.41) is 36.7. The van der Waals surface area contributed by atoms with E-state index in [9.17, 15) is 62.2 Å². The summed E-state index contributed by atoms with van der Waals surface area (Å²) in [4.78, 5) is 172. The number of thiazole rings is 1. The minimum atomic E-state index is -1.33. The minimum absolute atomic E-state index is 0.00681. The number of halogens is 1. The van der Waals surface area contributed by atoms with Crippen LogP contribution in [0.4, 0.5) is 35.8 Å². The number of nitrogens with two attached hydrogens (primary N) is 2. The van der Waals surface area contributed by atoms with E-state index in [1.807, 2.05) is 88.2 Å². The first kappa shape index (κ1) is 106. The topological polar surface area (TPSA) is 463 Å². The molecule has 0 spiro atoms. The Bertz CT molecular complexity index is 4580. The molecule has 3 heterocycles. The standard InChI is InChI=1S/C94H134FN15O19S/c1-11-13-14-20-45-109(89(118)83(63(7)12-2)107-86(116)76-28-19-21-44-108(76)10)77(61(3)4)56-78(88-105-74(60-130-88)85(115)103-70(57-94(8,9)90(119)120)54-65-31-36-72(96)71(95)55-65)129-93(123)101-42-41-100-92(122)128-59-64-29-34-69(35-30-64)102-84(114)73(26-22-40-99-91(97)121)104-87(117)82(62(5)6)106-80(112)39-46-124-48-50-126-52-53-127-51-49-125-47-43-98-79(111)37-38-81(113)110-58-68-25-16-15-23-66(68)32-33-67-24-17-18-27-75(67)110/h15-18,23-25,27,29-31,34-36,55,60-63,70,73,76-78,82-83H,11-14,19-22,26,28,37-54,56-59,96H2,1-10H3,(H,98,111)(H,100,122)(H,101,123)(H,102,114)(H,103,115)(H,104,117)(H,106,112)(H,107,116)(H,119,120)(H3,97,99,121)/t63-,70-,73-,76+,77+,78+,82-,83-/m0/s1. The van der Waals surface area contributed by atoms with Crippen molar-refractivity contribution in [1.29, 1.82) is 0 Å². The van der Waals surface area contributed by atoms with E-state index in [0.29, 0.717) is 54.9 Å². The van der Waals surface area contributed by atoms with Crippen molar-refractivity contribution in [3.63, 3.8) is 0 Å². The van der Waals surface area contributed by atoms with Crippen molar-refractivity contribution in [2.75, 3.05) is 115 Å². The molecule has 0 aliphatic carbocycles. The number of carboxylic acids is 1. The molecule has 0 bridgehead atoms. The Morgan fingerprint density at radius 2 is 1.34 bits per heavy atom. The van der Waals surface area contributed by atoms with Gasteiger partial charge in [0.15, 0.2) is 6.10 Å². The summed E-state index contributed by atoms with van der Waals surface area (Å²) in [6, 6.07) is 20.0. The maximum atomic E-state index is 15.4. The molecule has 712 valence electrons. The maximum absolute atomic E-state index is 15.4. The Morgan fingerprint density at radius 1 is 0.677 bits per heavy atom. The van der Waals surface area contributed by atoms with Crippen LogP contribution in [0.3, 0.4) is 0 Å². The van der Waals surface area contributed by atoms with E-state index in [2.05, 4.69) is 66.6 Å². The van der Waals surface area contributed by atoms with Gasteiger partial charge in [-0.2, -0.15) is 0 Å². The highest BCUT2D eigenvalue weighted by Crippen LogP contribution is 2.34. The highest BCUT2D eigenvalue weighted by Gasteiger charge is 2.40. The molecule has 130 heavy (non-hydrogen) atoms. The second-order valence-electron chi connectivity index (χ2n) is 33.9. The van der Waals surface area contributed by atoms with Gasteiger partial charge in [-0.3, -0.25) is 48.1 Å². The number of primary amides is 1. The van der Waals surface area contributed by atoms with Crippen LogP contribution in [0.15, 0.2) is 96.4 Å². The summed E-state index contributed by atoms with van der Waals surface area (Å²) in [6.45, 7) is 19.4. The first-order valence-corrected chi connectivity index (χ1v) is 45.9. The van der Waals surface area contributed by atoms with Gasteiger partial charge in [0.2, 0.25) is 41.4 Å². The van der Waals surface area contributed by atoms with Crippen LogP contribution in [-0.2, 0) is 86.3 Å². The summed E-state index contributed by atoms with van der Waals surface area (Å²) < 4.78 is 48.8. The molecule has 12 amide bonds. The van der Waals surface area contributed by atoms with Crippen molar-refractivity contribution in [2.45, 2.75) is 221 Å². The van der Waals surface area contributed by atoms with Gasteiger partial charge in [-0.15, -0.1) is 11.3 Å². The predicted molar refractivity (Wildman–Crippen MR) is 491 cm³/mol. The number of hydrogen-bond acceptors (Lipinski definition) is 22. The number of carbonyl (C=O) groups is 12. The Balaban J connectivity index is 0.855. The van der Waals surface area contributed by atoms with Crippen LogP contribution < -0.4 is 64.2 Å². The molecule has 0 radical (unpaired) electrons. The summed E-state index contributed by atoms with van der Waals surface area (Å²) in [6.07, 6.45) is 3.61. The summed E-state index contributed by atoms with van der Waals surface area (Å²) in [7, 11) is 1.91. The van der Waals surface area contributed by atoms with Crippen LogP contribution >= 0.6 is 11.3 Å². The molecule has 36 heteroatoms. The van der Waals surface area contributed by atoms with Crippen molar-refractivity contribution in [3.05, 3.63) is 141 Å². The number of para-hydroxylation sites is 1. The fraction of sp³-hybridized carbons (Fsp3) is 0.564. The van der Waals surface area contributed by atoms with Gasteiger partial charge in [-0.25, -0.2) is 23.8 Å². The van der Waals surface area contributed by atoms with Gasteiger partial charge in [0.25, 0.3) is 5.91 Å². The van der Waals surface area contributed by atoms with E-state index in [4.69, 9.17) is 44.9 Å². The molecule has 14 N–H and O–H groups in total. The summed E-state index contributed by atoms with van der Waals surface area (Å²) in [5.74, 6) is 0.284. The van der Waals surface area contributed by atoms with Crippen molar-refractivity contribution >= 4 is 99.8 Å². The van der Waals surface area contributed by atoms with E-state index < -0.39 is 107 Å². The van der Waals surface area contributed by atoms with Crippen molar-refractivity contribution < 1.29 is 95.5 Å². The van der Waals surface area contributed by atoms with Gasteiger partial charge >= 0.3 is 24.2 Å². The monoisotopic (exact) mass is 1830 g/mol. The third-order valence-corrected chi connectivity index (χ3v) is 23.5. The largest absolute Gasteiger partial charge is 0.481 e. The number of aromatic nitrogens is 1. The zero-order valence-electron chi connectivity index (χ0n) is 76.7. The average molecular weight is 1830 g/mol. The fourth-order valence-electron chi connectivity index (χ4n) is 14.8. The number of rotatable bonds is 56. The van der Waals surface area contributed by atoms with E-state index in [0.717, 1.165) is 66.7 Å². The number of likely N-dealkylation sites (tertiary alicyclic amines) is 1. The van der Waals surface area contributed by atoms with Gasteiger partial charge in [-0.1, -0.05) is 141 Å². The zero-order chi connectivity index (χ0) is 94.7. The molecule has 4 aromatic carbocycles. The van der Waals surface area contributed by atoms with Gasteiger partial charge in [0.05, 0.1) is 82.2 Å². The second kappa shape index (κ2) is 55.6. The number of likely N-dealkylation sites (N-methyl/N-ethyl adjacent to an activating group) is 1. The lowest BCUT2D eigenvalue weighted by atomic mass is 9.84. The Kier molecular flexibility index (Phi) is 45.2. The van der Waals surface area contributed by atoms with Crippen LogP contribution in [0.25, 0.3) is 0 Å². The molecule has 5 aromatic rings. The molecule has 2 aliphatic heterocycles. The van der Waals surface area contributed by atoms with Gasteiger partial charge in [-0.05, 0) is 149 Å². The van der Waals surface area contributed by atoms with Crippen LogP contribution in [0.1, 0.15) is 208 Å². The van der Waals surface area contributed by atoms with E-state index >= 15 is 4.79 Å². The molecule has 7 rings (SSSR count). The predicted octanol–water partition coefficient (Wildman–Crippen LogP) is 9.55. The third-order valence-electron chi connectivity index (χ3n) is 22.5. The molecule has 1 aromatic heterocycles. The lowest BCUT2D eigenvalue weighted by Gasteiger charge is -2.40. The molecule has 34 nitrogen and oxygen atoms in total. The maximum Gasteiger partial charge on any atom is 0.407 e. The number of piperidine rings is 1. The van der Waals surface area contributed by atoms with Crippen LogP contribution in [0.5, 0.6) is 0 Å². The quantitative estimate of drug-likeness (QED) is 0.00978. The van der Waals surface area contributed by atoms with Gasteiger partial charge in [0.1, 0.15) is 41.3 Å². The smallest absolute Gasteiger partial charge is 0.407 e. The molecular weight excluding hydrogens is 1690 g/mol. The van der Waals surface area contributed by atoms with Crippen molar-refractivity contribution in [2.24, 2.45) is 28.9 Å². The molecule has 1 saturated heterocycles. The number of benzene rings is 4. The minimum Gasteiger partial charge on any atom is -0.481 e. The summed E-state index contributed by atoms with van der Waals surface area (Å²) >= 11 is 1.03. The Hall–Kier alpha value is -11.4. The number of hydrogen-bond donors (Lipinski definition) is 12. The molecule has 1 fully saturated rings. The fourth-order valence-corrected chi connectivity index (χ4v) is 15.6. The Labute approximate surface area is 765 Å². The highest BCUT2D eigenvalue weighted by atomic mass is 32.1. The number of carboxylic acid groups (broad SMARTS) is 1. The van der Waals surface area contributed by atoms with Gasteiger partial charge in [0, 0.05) is 92.7 Å². The zero-order valence-corrected chi connectivity index (χ0v) is 77.5. The number of amides is 12. The Morgan fingerprint density at radius 3 is 2.00 bits per heavy atom. The van der Waals surface area contributed by atoms with E-state index in [-0.39, 0.29) is 189 Å². The second-order valence-corrected chi connectivity index (χ2v) is 34.8. The SMILES string of the molecule is CCCCCCN(C(=O)[C@@H](NC(=O)[C@H]1CCCCN1C)[C@@H](C)CC)[C@H](C[C@@H](OC(=O)NCCNC(=O)OCc1ccc(NC(=O)[C@H](CCCNC(N)=O)NC(=O)[C@@H](NC(=O)CCOCCOCCOCCOCCNC(=O)CCC(=O)N2Cc3ccccc3C#Cc3ccccc32)C(C)C)cc1)c1nc(C(=O)N[C@@H](Cc2ccc(N)c(F)c2)CC(C)(C)C(=O)O)cs1)C(C)C. The molecule has 0 saturated carbocycles. The number of anilines is 3. The number of unbranched alkanes of at least 4 members (excludes halogenated alkanes) is 3. The molecular formula is C94H134FN15O19S. The van der Waals surface area contributed by atoms with Crippen molar-refractivity contribution in [1.82, 2.24) is 57.3 Å². The highest BCUT2D eigenvalue weighted by molar-refractivity contribution is 7.09. The average Bonchev–Trinajstić information content (AvgIpc) is 1.41. The van der Waals surface area contributed by atoms with Crippen LogP contribution in [-0.4, -0.2) is 227 Å². The number of urea groups is 1. The molecule has 8 atom stereocenters. The van der Waals surface area contributed by atoms with Crippen LogP contribution in [0.2, 0.25) is 0 Å². The number of ether oxygens (including phenoxy) is 6. The van der Waals surface area contributed by atoms with Gasteiger partial charge < -0.3 is 103 Å². The van der Waals surface area contributed by atoms with Crippen molar-refractivity contribution in [3.8, 4) is 11.8 Å². The van der Waals surface area contributed by atoms with Crippen LogP contribution in [0, 0.1) is 40.8 Å². The first-order chi connectivity index (χ1) is 62.2. The normalized spacial score (nSPS) is 14.7. The number of carbonyl (C=O) groups excluding carboxylic acids is 11. The number of aliphatic carboxylic acids is 1. The van der Waals surface area contributed by atoms with E-state index in [1.54, 1.807) is 54.0 Å². The first-order valence-electron chi connectivity index (χ1n) is 45.1. The lowest BCUT2D eigenvalue weighted by Crippen LogP contribution is -2.59. The summed E-state index contributed by atoms with van der Waals surface area (Å²) in [5.41, 5.74) is 14.1. The third kappa shape index (κ3) is 36.2. The lowest BCUT2D eigenvalue weighted by molar-refractivity contribution is -0.147. The molecule has 2 aliphatic rings. The number of fused-ring (bicyclic) bond motifs is 2. The number of nitrogen functional groups attached to an aromatic ring is 1. The molecule has 0 unspecified atom stereocenters. The van der Waals surface area contributed by atoms with E-state index in [1.165, 1.54) is 31.4 Å². The number of alkyl carbamates (subject to hydrolysis) is 2. The number of nitrogens with one attached hydrogen (secondary N) is 9. The number of nitrogens with zero attached hydrogens (tertiary/aromatic N) is 4.